The molecule has 0 unspecified atom stereocenters. The summed E-state index contributed by atoms with van der Waals surface area (Å²) in [6, 6.07) is 5.01. The maximum Gasteiger partial charge on any atom is 0.307 e. The van der Waals surface area contributed by atoms with Gasteiger partial charge in [0.15, 0.2) is 0 Å². The summed E-state index contributed by atoms with van der Waals surface area (Å²) in [4.78, 5) is 13.7. The highest BCUT2D eigenvalue weighted by Crippen LogP contribution is 2.12. The predicted octanol–water partition coefficient (Wildman–Crippen LogP) is 1.05. The van der Waals surface area contributed by atoms with E-state index in [1.54, 1.807) is 6.07 Å². The van der Waals surface area contributed by atoms with Crippen molar-refractivity contribution in [2.45, 2.75) is 0 Å². The Balaban J connectivity index is 2.36. The van der Waals surface area contributed by atoms with Crippen LogP contribution in [0, 0.1) is 21.4 Å². The van der Waals surface area contributed by atoms with Crippen LogP contribution < -0.4 is 0 Å². The first-order valence-electron chi connectivity index (χ1n) is 4.26. The van der Waals surface area contributed by atoms with E-state index in [1.807, 2.05) is 6.07 Å². The Morgan fingerprint density at radius 3 is 2.75 bits per heavy atom. The van der Waals surface area contributed by atoms with Crippen LogP contribution in [-0.4, -0.2) is 19.7 Å². The zero-order valence-corrected chi connectivity index (χ0v) is 7.94. The quantitative estimate of drug-likeness (QED) is 0.550. The second-order valence-corrected chi connectivity index (χ2v) is 2.91. The van der Waals surface area contributed by atoms with E-state index in [9.17, 15) is 10.1 Å². The predicted molar refractivity (Wildman–Crippen MR) is 52.7 cm³/mol. The smallest absolute Gasteiger partial charge is 0.258 e. The van der Waals surface area contributed by atoms with Crippen LogP contribution in [0.25, 0.3) is 5.69 Å². The first-order valence-corrected chi connectivity index (χ1v) is 4.26. The maximum atomic E-state index is 10.4. The molecular weight excluding hydrogens is 210 g/mol. The van der Waals surface area contributed by atoms with Gasteiger partial charge in [-0.15, -0.1) is 0 Å². The van der Waals surface area contributed by atoms with Crippen LogP contribution in [0.2, 0.25) is 0 Å². The lowest BCUT2D eigenvalue weighted by Gasteiger charge is -1.98. The van der Waals surface area contributed by atoms with E-state index in [2.05, 4.69) is 10.1 Å². The van der Waals surface area contributed by atoms with E-state index >= 15 is 0 Å². The Hall–Kier alpha value is -2.75. The minimum absolute atomic E-state index is 0.0932. The maximum absolute atomic E-state index is 10.4. The number of hydrogen-bond acceptors (Lipinski definition) is 5. The molecule has 2 aromatic heterocycles. The molecule has 2 heterocycles. The fourth-order valence-electron chi connectivity index (χ4n) is 1.14. The van der Waals surface area contributed by atoms with Crippen molar-refractivity contribution in [2.24, 2.45) is 0 Å². The second kappa shape index (κ2) is 3.78. The number of rotatable bonds is 2. The van der Waals surface area contributed by atoms with Gasteiger partial charge in [-0.1, -0.05) is 0 Å². The third-order valence-corrected chi connectivity index (χ3v) is 1.91. The average molecular weight is 215 g/mol. The Kier molecular flexibility index (Phi) is 2.31. The van der Waals surface area contributed by atoms with Crippen LogP contribution in [0.1, 0.15) is 5.69 Å². The molecule has 0 aliphatic rings. The molecule has 0 saturated heterocycles. The average Bonchev–Trinajstić information content (AvgIpc) is 2.78. The lowest BCUT2D eigenvalue weighted by Crippen LogP contribution is -1.95. The standard InChI is InChI=1S/C9H5N5O2/c10-3-7-1-2-8(4-11-7)13-6-9(5-12-13)14(15)16/h1-2,4-6H. The van der Waals surface area contributed by atoms with E-state index in [0.29, 0.717) is 5.69 Å². The van der Waals surface area contributed by atoms with Gasteiger partial charge in [-0.2, -0.15) is 10.4 Å². The number of pyridine rings is 1. The largest absolute Gasteiger partial charge is 0.307 e. The van der Waals surface area contributed by atoms with Crippen molar-refractivity contribution in [3.05, 3.63) is 46.5 Å². The molecule has 0 N–H and O–H groups in total. The fraction of sp³-hybridized carbons (Fsp3) is 0. The van der Waals surface area contributed by atoms with Gasteiger partial charge in [0.1, 0.15) is 24.2 Å². The minimum atomic E-state index is -0.527. The third kappa shape index (κ3) is 1.72. The highest BCUT2D eigenvalue weighted by molar-refractivity contribution is 5.35. The Bertz CT molecular complexity index is 566. The molecule has 0 aliphatic heterocycles. The van der Waals surface area contributed by atoms with Gasteiger partial charge in [-0.05, 0) is 12.1 Å². The molecule has 0 bridgehead atoms. The molecule has 0 aromatic carbocycles. The van der Waals surface area contributed by atoms with Crippen molar-refractivity contribution in [1.82, 2.24) is 14.8 Å². The topological polar surface area (TPSA) is 97.6 Å². The summed E-state index contributed by atoms with van der Waals surface area (Å²) in [5.74, 6) is 0. The molecule has 0 atom stereocenters. The first-order chi connectivity index (χ1) is 7.70. The monoisotopic (exact) mass is 215 g/mol. The van der Waals surface area contributed by atoms with E-state index < -0.39 is 4.92 Å². The second-order valence-electron chi connectivity index (χ2n) is 2.91. The molecule has 0 aliphatic carbocycles. The Morgan fingerprint density at radius 1 is 1.44 bits per heavy atom. The molecule has 0 amide bonds. The molecule has 7 nitrogen and oxygen atoms in total. The molecule has 0 saturated carbocycles. The van der Waals surface area contributed by atoms with Crippen molar-refractivity contribution < 1.29 is 4.92 Å². The molecule has 2 aromatic rings. The molecular formula is C9H5N5O2. The van der Waals surface area contributed by atoms with Gasteiger partial charge in [0, 0.05) is 0 Å². The molecule has 16 heavy (non-hydrogen) atoms. The van der Waals surface area contributed by atoms with E-state index in [4.69, 9.17) is 5.26 Å². The summed E-state index contributed by atoms with van der Waals surface area (Å²) in [6.45, 7) is 0. The van der Waals surface area contributed by atoms with Gasteiger partial charge in [0.25, 0.3) is 0 Å². The van der Waals surface area contributed by atoms with Gasteiger partial charge in [0.05, 0.1) is 16.8 Å². The van der Waals surface area contributed by atoms with Crippen LogP contribution in [-0.2, 0) is 0 Å². The third-order valence-electron chi connectivity index (χ3n) is 1.91. The minimum Gasteiger partial charge on any atom is -0.258 e. The summed E-state index contributed by atoms with van der Waals surface area (Å²) < 4.78 is 1.33. The van der Waals surface area contributed by atoms with Crippen molar-refractivity contribution >= 4 is 5.69 Å². The normalized spacial score (nSPS) is 9.69. The highest BCUT2D eigenvalue weighted by atomic mass is 16.6. The summed E-state index contributed by atoms with van der Waals surface area (Å²) in [6.07, 6.45) is 3.86. The first kappa shape index (κ1) is 9.79. The molecule has 0 spiro atoms. The number of nitrogens with zero attached hydrogens (tertiary/aromatic N) is 5. The number of nitro groups is 1. The molecule has 0 fully saturated rings. The van der Waals surface area contributed by atoms with Crippen LogP contribution in [0.4, 0.5) is 5.69 Å². The zero-order chi connectivity index (χ0) is 11.5. The van der Waals surface area contributed by atoms with E-state index in [1.165, 1.54) is 23.1 Å². The fourth-order valence-corrected chi connectivity index (χ4v) is 1.14. The van der Waals surface area contributed by atoms with Gasteiger partial charge < -0.3 is 0 Å². The van der Waals surface area contributed by atoms with Gasteiger partial charge >= 0.3 is 5.69 Å². The highest BCUT2D eigenvalue weighted by Gasteiger charge is 2.09. The summed E-state index contributed by atoms with van der Waals surface area (Å²) in [5.41, 5.74) is 0.752. The van der Waals surface area contributed by atoms with Gasteiger partial charge in [0.2, 0.25) is 0 Å². The lowest BCUT2D eigenvalue weighted by molar-refractivity contribution is -0.384. The van der Waals surface area contributed by atoms with Crippen LogP contribution in [0.3, 0.4) is 0 Å². The number of nitriles is 1. The zero-order valence-electron chi connectivity index (χ0n) is 7.94. The summed E-state index contributed by atoms with van der Waals surface area (Å²) in [7, 11) is 0. The lowest BCUT2D eigenvalue weighted by atomic mass is 10.3. The Labute approximate surface area is 89.7 Å². The Morgan fingerprint density at radius 2 is 2.25 bits per heavy atom. The van der Waals surface area contributed by atoms with Crippen LogP contribution in [0.15, 0.2) is 30.7 Å². The van der Waals surface area contributed by atoms with Crippen molar-refractivity contribution in [3.63, 3.8) is 0 Å². The van der Waals surface area contributed by atoms with Crippen LogP contribution in [0.5, 0.6) is 0 Å². The molecule has 0 radical (unpaired) electrons. The summed E-state index contributed by atoms with van der Waals surface area (Å²) in [5, 5.41) is 22.8. The van der Waals surface area contributed by atoms with Crippen molar-refractivity contribution in [3.8, 4) is 11.8 Å². The van der Waals surface area contributed by atoms with E-state index in [-0.39, 0.29) is 11.4 Å². The number of hydrogen-bond donors (Lipinski definition) is 0. The van der Waals surface area contributed by atoms with Gasteiger partial charge in [-0.3, -0.25) is 10.1 Å². The molecule has 78 valence electrons. The molecule has 7 heteroatoms. The van der Waals surface area contributed by atoms with E-state index in [0.717, 1.165) is 6.20 Å². The summed E-state index contributed by atoms with van der Waals surface area (Å²) >= 11 is 0. The van der Waals surface area contributed by atoms with Gasteiger partial charge in [-0.25, -0.2) is 9.67 Å². The van der Waals surface area contributed by atoms with Crippen molar-refractivity contribution in [2.75, 3.05) is 0 Å². The van der Waals surface area contributed by atoms with Crippen LogP contribution >= 0.6 is 0 Å². The van der Waals surface area contributed by atoms with Crippen molar-refractivity contribution in [1.29, 1.82) is 5.26 Å². The molecule has 2 rings (SSSR count). The SMILES string of the molecule is N#Cc1ccc(-n2cc([N+](=O)[O-])cn2)cn1. The number of aromatic nitrogens is 3.